The SMILES string of the molecule is COC(=O)N/C=C/CCC(C)c1cc(O)c(C(=O)C(C)(C)Cc2cc3cc(CCC(C)C)ccc3n2C)c(=O)o1. The number of Topliss-reactive ketones (excluding diaryl/α,β-unsaturated/α-hetero) is 1. The van der Waals surface area contributed by atoms with Crippen molar-refractivity contribution >= 4 is 22.8 Å². The van der Waals surface area contributed by atoms with Gasteiger partial charge in [0, 0.05) is 53.7 Å². The molecule has 3 rings (SSSR count). The van der Waals surface area contributed by atoms with Crippen LogP contribution in [0.5, 0.6) is 5.75 Å². The van der Waals surface area contributed by atoms with Crippen LogP contribution in [0.2, 0.25) is 0 Å². The van der Waals surface area contributed by atoms with Crippen molar-refractivity contribution in [2.45, 2.75) is 72.6 Å². The number of ether oxygens (including phenoxy) is 1. The van der Waals surface area contributed by atoms with Gasteiger partial charge >= 0.3 is 11.7 Å². The first-order valence-electron chi connectivity index (χ1n) is 13.8. The second-order valence-electron chi connectivity index (χ2n) is 11.6. The molecule has 40 heavy (non-hydrogen) atoms. The number of ketones is 1. The van der Waals surface area contributed by atoms with Crippen LogP contribution in [0.3, 0.4) is 0 Å². The lowest BCUT2D eigenvalue weighted by Crippen LogP contribution is -2.31. The Hall–Kier alpha value is -3.81. The maximum absolute atomic E-state index is 13.6. The Morgan fingerprint density at radius 1 is 1.15 bits per heavy atom. The number of benzene rings is 1. The lowest BCUT2D eigenvalue weighted by Gasteiger charge is -2.23. The molecule has 0 spiro atoms. The highest BCUT2D eigenvalue weighted by molar-refractivity contribution is 6.02. The molecule has 8 heteroatoms. The van der Waals surface area contributed by atoms with Crippen molar-refractivity contribution in [1.29, 1.82) is 0 Å². The maximum Gasteiger partial charge on any atom is 0.410 e. The van der Waals surface area contributed by atoms with E-state index in [1.807, 2.05) is 14.0 Å². The number of methoxy groups -OCH3 is 1. The largest absolute Gasteiger partial charge is 0.507 e. The Kier molecular flexibility index (Phi) is 10.0. The molecule has 8 nitrogen and oxygen atoms in total. The zero-order valence-electron chi connectivity index (χ0n) is 24.7. The van der Waals surface area contributed by atoms with E-state index in [9.17, 15) is 19.5 Å². The molecule has 0 fully saturated rings. The van der Waals surface area contributed by atoms with Crippen molar-refractivity contribution in [3.05, 3.63) is 75.6 Å². The van der Waals surface area contributed by atoms with E-state index in [1.165, 1.54) is 24.9 Å². The van der Waals surface area contributed by atoms with Gasteiger partial charge in [0.1, 0.15) is 17.1 Å². The molecule has 1 atom stereocenters. The number of amides is 1. The third kappa shape index (κ3) is 7.43. The third-order valence-corrected chi connectivity index (χ3v) is 7.39. The number of aromatic hydroxyl groups is 1. The van der Waals surface area contributed by atoms with E-state index in [1.54, 1.807) is 19.9 Å². The fraction of sp³-hybridized carbons (Fsp3) is 0.469. The number of aromatic nitrogens is 1. The first-order chi connectivity index (χ1) is 18.8. The number of nitrogens with one attached hydrogen (secondary N) is 1. The molecule has 1 amide bonds. The highest BCUT2D eigenvalue weighted by atomic mass is 16.5. The summed E-state index contributed by atoms with van der Waals surface area (Å²) in [5.74, 6) is -0.0874. The standard InChI is InChI=1S/C32H42N2O6/c1-20(2)11-12-22-13-14-25-23(16-22)17-24(34(25)6)19-32(4,5)29(36)28-26(35)18-27(40-30(28)37)21(3)10-8-9-15-33-31(38)39-7/h9,13-18,20-21,35H,8,10-12,19H2,1-7H3,(H,33,38)/b15-9+. The average molecular weight is 551 g/mol. The smallest absolute Gasteiger partial charge is 0.410 e. The summed E-state index contributed by atoms with van der Waals surface area (Å²) >= 11 is 0. The Bertz CT molecular complexity index is 1440. The highest BCUT2D eigenvalue weighted by Crippen LogP contribution is 2.33. The van der Waals surface area contributed by atoms with Gasteiger partial charge in [-0.3, -0.25) is 10.1 Å². The van der Waals surface area contributed by atoms with Crippen molar-refractivity contribution in [1.82, 2.24) is 9.88 Å². The fourth-order valence-electron chi connectivity index (χ4n) is 4.82. The molecule has 0 saturated heterocycles. The molecule has 2 aromatic heterocycles. The van der Waals surface area contributed by atoms with E-state index in [-0.39, 0.29) is 17.2 Å². The normalized spacial score (nSPS) is 12.8. The number of allylic oxidation sites excluding steroid dienone is 1. The lowest BCUT2D eigenvalue weighted by molar-refractivity contribution is 0.0827. The zero-order valence-corrected chi connectivity index (χ0v) is 24.7. The summed E-state index contributed by atoms with van der Waals surface area (Å²) in [6.07, 6.45) is 6.41. The summed E-state index contributed by atoms with van der Waals surface area (Å²) in [7, 11) is 3.26. The van der Waals surface area contributed by atoms with Gasteiger partial charge in [-0.1, -0.05) is 46.8 Å². The Labute approximate surface area is 236 Å². The second kappa shape index (κ2) is 13.0. The Morgan fingerprint density at radius 3 is 2.52 bits per heavy atom. The number of alkyl carbamates (subject to hydrolysis) is 1. The van der Waals surface area contributed by atoms with Gasteiger partial charge in [-0.25, -0.2) is 9.59 Å². The molecule has 2 N–H and O–H groups in total. The molecule has 3 aromatic rings. The molecule has 0 radical (unpaired) electrons. The van der Waals surface area contributed by atoms with Crippen LogP contribution in [0.25, 0.3) is 10.9 Å². The average Bonchev–Trinajstić information content (AvgIpc) is 3.19. The molecule has 2 heterocycles. The topological polar surface area (TPSA) is 111 Å². The molecule has 0 saturated carbocycles. The Balaban J connectivity index is 1.75. The van der Waals surface area contributed by atoms with Crippen LogP contribution < -0.4 is 10.9 Å². The van der Waals surface area contributed by atoms with Crippen molar-refractivity contribution in [2.75, 3.05) is 7.11 Å². The number of carbonyl (C=O) groups is 2. The number of carbonyl (C=O) groups excluding carboxylic acids is 2. The number of fused-ring (bicyclic) bond motifs is 1. The van der Waals surface area contributed by atoms with Gasteiger partial charge < -0.3 is 18.8 Å². The van der Waals surface area contributed by atoms with Crippen LogP contribution in [-0.2, 0) is 24.6 Å². The summed E-state index contributed by atoms with van der Waals surface area (Å²) in [5.41, 5.74) is 1.23. The first-order valence-corrected chi connectivity index (χ1v) is 13.8. The van der Waals surface area contributed by atoms with Gasteiger partial charge in [0.2, 0.25) is 0 Å². The van der Waals surface area contributed by atoms with E-state index in [0.717, 1.165) is 29.4 Å². The summed E-state index contributed by atoms with van der Waals surface area (Å²) in [6.45, 7) is 9.87. The summed E-state index contributed by atoms with van der Waals surface area (Å²) in [6, 6.07) is 9.95. The number of rotatable bonds is 12. The van der Waals surface area contributed by atoms with Crippen LogP contribution in [0.1, 0.15) is 87.2 Å². The quantitative estimate of drug-likeness (QED) is 0.245. The fourth-order valence-corrected chi connectivity index (χ4v) is 4.82. The van der Waals surface area contributed by atoms with E-state index >= 15 is 0 Å². The monoisotopic (exact) mass is 550 g/mol. The molecule has 216 valence electrons. The number of aryl methyl sites for hydroxylation is 2. The van der Waals surface area contributed by atoms with Crippen molar-refractivity contribution in [2.24, 2.45) is 18.4 Å². The van der Waals surface area contributed by atoms with Crippen molar-refractivity contribution in [3.8, 4) is 5.75 Å². The van der Waals surface area contributed by atoms with Crippen LogP contribution in [0.4, 0.5) is 4.79 Å². The van der Waals surface area contributed by atoms with Gasteiger partial charge in [-0.2, -0.15) is 0 Å². The van der Waals surface area contributed by atoms with Crippen LogP contribution >= 0.6 is 0 Å². The van der Waals surface area contributed by atoms with E-state index in [2.05, 4.69) is 52.7 Å². The number of nitrogens with zero attached hydrogens (tertiary/aromatic N) is 1. The van der Waals surface area contributed by atoms with E-state index < -0.39 is 22.9 Å². The van der Waals surface area contributed by atoms with Gasteiger partial charge in [0.05, 0.1) is 7.11 Å². The molecule has 1 unspecified atom stereocenters. The summed E-state index contributed by atoms with van der Waals surface area (Å²) < 4.78 is 12.1. The van der Waals surface area contributed by atoms with Gasteiger partial charge in [0.15, 0.2) is 5.78 Å². The number of hydrogen-bond donors (Lipinski definition) is 2. The molecule has 0 aliphatic carbocycles. The minimum absolute atomic E-state index is 0.195. The first kappa shape index (κ1) is 30.7. The molecular formula is C32H42N2O6. The van der Waals surface area contributed by atoms with Crippen LogP contribution in [0, 0.1) is 11.3 Å². The van der Waals surface area contributed by atoms with Gasteiger partial charge in [-0.15, -0.1) is 0 Å². The van der Waals surface area contributed by atoms with Crippen molar-refractivity contribution < 1.29 is 23.8 Å². The van der Waals surface area contributed by atoms with E-state index in [0.29, 0.717) is 30.9 Å². The Morgan fingerprint density at radius 2 is 1.88 bits per heavy atom. The minimum atomic E-state index is -0.959. The summed E-state index contributed by atoms with van der Waals surface area (Å²) in [4.78, 5) is 37.6. The second-order valence-corrected chi connectivity index (χ2v) is 11.6. The number of hydrogen-bond acceptors (Lipinski definition) is 6. The predicted molar refractivity (Wildman–Crippen MR) is 157 cm³/mol. The maximum atomic E-state index is 13.6. The highest BCUT2D eigenvalue weighted by Gasteiger charge is 2.35. The van der Waals surface area contributed by atoms with E-state index in [4.69, 9.17) is 4.42 Å². The molecule has 0 bridgehead atoms. The third-order valence-electron chi connectivity index (χ3n) is 7.39. The molecular weight excluding hydrogens is 508 g/mol. The van der Waals surface area contributed by atoms with Crippen LogP contribution in [-0.4, -0.2) is 28.7 Å². The van der Waals surface area contributed by atoms with Gasteiger partial charge in [0.25, 0.3) is 0 Å². The van der Waals surface area contributed by atoms with Crippen LogP contribution in [0.15, 0.2) is 51.8 Å². The van der Waals surface area contributed by atoms with Crippen molar-refractivity contribution in [3.63, 3.8) is 0 Å². The predicted octanol–water partition coefficient (Wildman–Crippen LogP) is 6.63. The minimum Gasteiger partial charge on any atom is -0.507 e. The molecule has 1 aromatic carbocycles. The summed E-state index contributed by atoms with van der Waals surface area (Å²) in [5, 5.41) is 14.3. The zero-order chi connectivity index (χ0) is 29.6. The lowest BCUT2D eigenvalue weighted by atomic mass is 9.80. The van der Waals surface area contributed by atoms with Gasteiger partial charge in [-0.05, 0) is 55.4 Å². The molecule has 0 aliphatic heterocycles. The molecule has 0 aliphatic rings.